The molecule has 0 spiro atoms. The fourth-order valence-electron chi connectivity index (χ4n) is 2.70. The molecule has 0 radical (unpaired) electrons. The van der Waals surface area contributed by atoms with Crippen LogP contribution in [0.25, 0.3) is 0 Å². The van der Waals surface area contributed by atoms with E-state index in [1.807, 2.05) is 30.0 Å². The van der Waals surface area contributed by atoms with Crippen molar-refractivity contribution in [1.82, 2.24) is 4.90 Å². The van der Waals surface area contributed by atoms with Crippen LogP contribution < -0.4 is 5.32 Å². The van der Waals surface area contributed by atoms with Gasteiger partial charge >= 0.3 is 0 Å². The van der Waals surface area contributed by atoms with E-state index in [2.05, 4.69) is 28.2 Å². The highest BCUT2D eigenvalue weighted by molar-refractivity contribution is 9.10. The molecule has 126 valence electrons. The van der Waals surface area contributed by atoms with E-state index in [9.17, 15) is 9.59 Å². The van der Waals surface area contributed by atoms with Crippen LogP contribution in [0.2, 0.25) is 0 Å². The Hall–Kier alpha value is -1.36. The summed E-state index contributed by atoms with van der Waals surface area (Å²) >= 11 is 3.45. The average molecular weight is 381 g/mol. The number of rotatable bonds is 3. The first-order chi connectivity index (χ1) is 10.7. The molecule has 0 bridgehead atoms. The summed E-state index contributed by atoms with van der Waals surface area (Å²) in [6, 6.07) is 5.72. The Morgan fingerprint density at radius 2 is 1.87 bits per heavy atom. The van der Waals surface area contributed by atoms with Gasteiger partial charge in [0.2, 0.25) is 11.8 Å². The number of carbonyl (C=O) groups is 2. The zero-order valence-electron chi connectivity index (χ0n) is 14.3. The standard InChI is InChI=1S/C18H25BrN2O2/c1-12-7-9-21(10-8-12)17(23)18(3,4)16(22)20-15-6-5-13(2)11-14(15)19/h5-6,11-12H,7-10H2,1-4H3,(H,20,22). The van der Waals surface area contributed by atoms with Gasteiger partial charge in [0.1, 0.15) is 5.41 Å². The van der Waals surface area contributed by atoms with Gasteiger partial charge in [-0.15, -0.1) is 0 Å². The highest BCUT2D eigenvalue weighted by atomic mass is 79.9. The maximum atomic E-state index is 12.8. The monoisotopic (exact) mass is 380 g/mol. The number of nitrogens with one attached hydrogen (secondary N) is 1. The van der Waals surface area contributed by atoms with Crippen LogP contribution in [0.5, 0.6) is 0 Å². The molecule has 1 fully saturated rings. The van der Waals surface area contributed by atoms with Gasteiger partial charge in [-0.1, -0.05) is 13.0 Å². The minimum absolute atomic E-state index is 0.0925. The van der Waals surface area contributed by atoms with Gasteiger partial charge < -0.3 is 10.2 Å². The highest BCUT2D eigenvalue weighted by Gasteiger charge is 2.40. The van der Waals surface area contributed by atoms with Crippen LogP contribution in [0, 0.1) is 18.3 Å². The molecule has 0 unspecified atom stereocenters. The second-order valence-electron chi connectivity index (χ2n) is 7.04. The molecule has 4 nitrogen and oxygen atoms in total. The van der Waals surface area contributed by atoms with Crippen LogP contribution in [0.15, 0.2) is 22.7 Å². The minimum atomic E-state index is -1.08. The molecule has 0 aromatic heterocycles. The number of amides is 2. The molecular weight excluding hydrogens is 356 g/mol. The van der Waals surface area contributed by atoms with E-state index in [0.29, 0.717) is 11.6 Å². The van der Waals surface area contributed by atoms with Gasteiger partial charge in [-0.25, -0.2) is 0 Å². The van der Waals surface area contributed by atoms with E-state index in [-0.39, 0.29) is 11.8 Å². The van der Waals surface area contributed by atoms with Crippen molar-refractivity contribution in [2.75, 3.05) is 18.4 Å². The molecule has 1 aromatic rings. The average Bonchev–Trinajstić information content (AvgIpc) is 2.50. The number of likely N-dealkylation sites (tertiary alicyclic amines) is 1. The predicted octanol–water partition coefficient (Wildman–Crippen LogP) is 3.98. The molecule has 23 heavy (non-hydrogen) atoms. The summed E-state index contributed by atoms with van der Waals surface area (Å²) in [6.07, 6.45) is 2.01. The maximum absolute atomic E-state index is 12.8. The Labute approximate surface area is 146 Å². The van der Waals surface area contributed by atoms with Crippen molar-refractivity contribution >= 4 is 33.4 Å². The fraction of sp³-hybridized carbons (Fsp3) is 0.556. The van der Waals surface area contributed by atoms with Crippen molar-refractivity contribution in [3.05, 3.63) is 28.2 Å². The summed E-state index contributed by atoms with van der Waals surface area (Å²) in [6.45, 7) is 9.07. The van der Waals surface area contributed by atoms with Crippen LogP contribution >= 0.6 is 15.9 Å². The van der Waals surface area contributed by atoms with Crippen LogP contribution in [-0.2, 0) is 9.59 Å². The molecule has 1 saturated heterocycles. The zero-order valence-corrected chi connectivity index (χ0v) is 15.9. The van der Waals surface area contributed by atoms with Crippen molar-refractivity contribution in [1.29, 1.82) is 0 Å². The van der Waals surface area contributed by atoms with Gasteiger partial charge in [-0.3, -0.25) is 9.59 Å². The lowest BCUT2D eigenvalue weighted by Gasteiger charge is -2.35. The second-order valence-corrected chi connectivity index (χ2v) is 7.89. The molecule has 2 rings (SSSR count). The number of carbonyl (C=O) groups excluding carboxylic acids is 2. The molecule has 1 aromatic carbocycles. The summed E-state index contributed by atoms with van der Waals surface area (Å²) in [4.78, 5) is 27.2. The Morgan fingerprint density at radius 3 is 2.43 bits per heavy atom. The van der Waals surface area contributed by atoms with E-state index >= 15 is 0 Å². The third-order valence-corrected chi connectivity index (χ3v) is 5.20. The summed E-state index contributed by atoms with van der Waals surface area (Å²) < 4.78 is 0.820. The summed E-state index contributed by atoms with van der Waals surface area (Å²) in [7, 11) is 0. The molecule has 1 aliphatic heterocycles. The van der Waals surface area contributed by atoms with Crippen molar-refractivity contribution in [3.63, 3.8) is 0 Å². The van der Waals surface area contributed by atoms with Gasteiger partial charge in [0.25, 0.3) is 0 Å². The van der Waals surface area contributed by atoms with Gasteiger partial charge in [0.15, 0.2) is 0 Å². The molecule has 0 saturated carbocycles. The first-order valence-corrected chi connectivity index (χ1v) is 8.88. The molecule has 1 aliphatic rings. The van der Waals surface area contributed by atoms with Crippen LogP contribution in [0.4, 0.5) is 5.69 Å². The van der Waals surface area contributed by atoms with Gasteiger partial charge in [-0.2, -0.15) is 0 Å². The number of halogens is 1. The van der Waals surface area contributed by atoms with E-state index < -0.39 is 5.41 Å². The third kappa shape index (κ3) is 4.14. The van der Waals surface area contributed by atoms with Crippen LogP contribution in [0.3, 0.4) is 0 Å². The largest absolute Gasteiger partial charge is 0.342 e. The first kappa shape index (κ1) is 18.0. The van der Waals surface area contributed by atoms with E-state index in [1.54, 1.807) is 13.8 Å². The van der Waals surface area contributed by atoms with Gasteiger partial charge in [0, 0.05) is 17.6 Å². The number of nitrogens with zero attached hydrogens (tertiary/aromatic N) is 1. The molecule has 0 aliphatic carbocycles. The number of anilines is 1. The summed E-state index contributed by atoms with van der Waals surface area (Å²) in [5.74, 6) is 0.287. The maximum Gasteiger partial charge on any atom is 0.239 e. The number of piperidine rings is 1. The molecule has 0 atom stereocenters. The number of aryl methyl sites for hydroxylation is 1. The SMILES string of the molecule is Cc1ccc(NC(=O)C(C)(C)C(=O)N2CCC(C)CC2)c(Br)c1. The van der Waals surface area contributed by atoms with Gasteiger partial charge in [-0.05, 0) is 73.2 Å². The highest BCUT2D eigenvalue weighted by Crippen LogP contribution is 2.28. The van der Waals surface area contributed by atoms with E-state index in [4.69, 9.17) is 0 Å². The smallest absolute Gasteiger partial charge is 0.239 e. The lowest BCUT2D eigenvalue weighted by molar-refractivity contribution is -0.147. The lowest BCUT2D eigenvalue weighted by Crippen LogP contribution is -2.49. The third-order valence-electron chi connectivity index (χ3n) is 4.55. The second kappa shape index (κ2) is 7.04. The minimum Gasteiger partial charge on any atom is -0.342 e. The number of hydrogen-bond donors (Lipinski definition) is 1. The van der Waals surface area contributed by atoms with Crippen molar-refractivity contribution in [3.8, 4) is 0 Å². The Morgan fingerprint density at radius 1 is 1.26 bits per heavy atom. The Balaban J connectivity index is 2.08. The van der Waals surface area contributed by atoms with Crippen molar-refractivity contribution in [2.24, 2.45) is 11.3 Å². The molecular formula is C18H25BrN2O2. The van der Waals surface area contributed by atoms with Crippen molar-refractivity contribution < 1.29 is 9.59 Å². The molecule has 1 heterocycles. The predicted molar refractivity (Wildman–Crippen MR) is 96.3 cm³/mol. The fourth-order valence-corrected chi connectivity index (χ4v) is 3.30. The normalized spacial score (nSPS) is 16.3. The van der Waals surface area contributed by atoms with E-state index in [0.717, 1.165) is 36.0 Å². The Kier molecular flexibility index (Phi) is 5.50. The Bertz CT molecular complexity index is 605. The number of benzene rings is 1. The molecule has 5 heteroatoms. The lowest BCUT2D eigenvalue weighted by atomic mass is 9.88. The summed E-state index contributed by atoms with van der Waals surface area (Å²) in [5.41, 5.74) is 0.714. The molecule has 2 amide bonds. The van der Waals surface area contributed by atoms with E-state index in [1.165, 1.54) is 0 Å². The first-order valence-electron chi connectivity index (χ1n) is 8.09. The quantitative estimate of drug-likeness (QED) is 0.806. The van der Waals surface area contributed by atoms with Gasteiger partial charge in [0.05, 0.1) is 5.69 Å². The zero-order chi connectivity index (χ0) is 17.2. The number of hydrogen-bond acceptors (Lipinski definition) is 2. The topological polar surface area (TPSA) is 49.4 Å². The van der Waals surface area contributed by atoms with Crippen LogP contribution in [0.1, 0.15) is 39.2 Å². The van der Waals surface area contributed by atoms with Crippen LogP contribution in [-0.4, -0.2) is 29.8 Å². The van der Waals surface area contributed by atoms with Crippen molar-refractivity contribution in [2.45, 2.75) is 40.5 Å². The summed E-state index contributed by atoms with van der Waals surface area (Å²) in [5, 5.41) is 2.87. The molecule has 1 N–H and O–H groups in total.